The van der Waals surface area contributed by atoms with Crippen LogP contribution in [0.15, 0.2) is 57.9 Å². The van der Waals surface area contributed by atoms with Crippen molar-refractivity contribution in [2.45, 2.75) is 17.1 Å². The van der Waals surface area contributed by atoms with Gasteiger partial charge >= 0.3 is 0 Å². The third-order valence-corrected chi connectivity index (χ3v) is 7.64. The Bertz CT molecular complexity index is 1040. The highest BCUT2D eigenvalue weighted by Gasteiger charge is 2.26. The third-order valence-electron chi connectivity index (χ3n) is 4.56. The number of aromatic nitrogens is 1. The molecule has 0 bridgehead atoms. The number of hydrogen-bond acceptors (Lipinski definition) is 8. The summed E-state index contributed by atoms with van der Waals surface area (Å²) in [7, 11) is -2.28. The Kier molecular flexibility index (Phi) is 9.56. The molecule has 174 valence electrons. The number of benzene rings is 2. The van der Waals surface area contributed by atoms with Gasteiger partial charge in [-0.1, -0.05) is 28.1 Å². The molecule has 0 aliphatic carbocycles. The standard InChI is InChI=1S/C17H17BrN2O4S2.C4H8O2/c1-24-14(10-19-26(22,23)12-8-6-11(18)7-9-12)16(21)17-20-13-4-2-3-5-15(13)25-17;1-2-6-4-3-5-1/h2-9,14,16,19,21H,10H2,1H3;1-4H2/t14-,16-;/m0./s1. The van der Waals surface area contributed by atoms with Crippen molar-refractivity contribution in [1.82, 2.24) is 9.71 Å². The lowest BCUT2D eigenvalue weighted by atomic mass is 10.2. The van der Waals surface area contributed by atoms with Gasteiger partial charge in [-0.3, -0.25) is 0 Å². The Balaban J connectivity index is 0.000000416. The molecule has 1 aliphatic heterocycles. The number of aliphatic hydroxyl groups is 1. The van der Waals surface area contributed by atoms with Gasteiger partial charge < -0.3 is 19.3 Å². The van der Waals surface area contributed by atoms with E-state index in [2.05, 4.69) is 25.6 Å². The molecule has 0 spiro atoms. The molecule has 8 nitrogen and oxygen atoms in total. The van der Waals surface area contributed by atoms with Crippen LogP contribution in [-0.4, -0.2) is 64.7 Å². The summed E-state index contributed by atoms with van der Waals surface area (Å²) in [6.45, 7) is 3.03. The minimum Gasteiger partial charge on any atom is -0.383 e. The lowest BCUT2D eigenvalue weighted by molar-refractivity contribution is -0.0334. The average Bonchev–Trinajstić information content (AvgIpc) is 3.25. The van der Waals surface area contributed by atoms with Gasteiger partial charge in [0.05, 0.1) is 41.5 Å². The molecule has 0 amide bonds. The van der Waals surface area contributed by atoms with Crippen LogP contribution < -0.4 is 4.72 Å². The van der Waals surface area contributed by atoms with Crippen molar-refractivity contribution in [1.29, 1.82) is 0 Å². The first-order valence-corrected chi connectivity index (χ1v) is 13.0. The molecule has 0 unspecified atom stereocenters. The number of rotatable bonds is 7. The number of nitrogens with zero attached hydrogens (tertiary/aromatic N) is 1. The molecule has 32 heavy (non-hydrogen) atoms. The minimum absolute atomic E-state index is 0.0774. The number of aliphatic hydroxyl groups excluding tert-OH is 1. The summed E-state index contributed by atoms with van der Waals surface area (Å²) in [6.07, 6.45) is -1.80. The normalized spacial score (nSPS) is 16.2. The zero-order valence-electron chi connectivity index (χ0n) is 17.4. The lowest BCUT2D eigenvalue weighted by Crippen LogP contribution is -2.36. The van der Waals surface area contributed by atoms with Crippen LogP contribution >= 0.6 is 27.3 Å². The van der Waals surface area contributed by atoms with Crippen LogP contribution in [0.1, 0.15) is 11.1 Å². The van der Waals surface area contributed by atoms with Crippen LogP contribution in [0.3, 0.4) is 0 Å². The maximum atomic E-state index is 12.4. The second kappa shape index (κ2) is 12.1. The molecule has 2 heterocycles. The molecule has 2 aromatic carbocycles. The fourth-order valence-electron chi connectivity index (χ4n) is 2.83. The molecule has 1 aliphatic rings. The van der Waals surface area contributed by atoms with Gasteiger partial charge in [0, 0.05) is 18.1 Å². The molecule has 1 fully saturated rings. The summed E-state index contributed by atoms with van der Waals surface area (Å²) in [4.78, 5) is 4.54. The van der Waals surface area contributed by atoms with Gasteiger partial charge in [-0.05, 0) is 36.4 Å². The van der Waals surface area contributed by atoms with Crippen molar-refractivity contribution < 1.29 is 27.7 Å². The molecule has 1 saturated heterocycles. The van der Waals surface area contributed by atoms with Crippen LogP contribution in [0.4, 0.5) is 0 Å². The lowest BCUT2D eigenvalue weighted by Gasteiger charge is -2.20. The van der Waals surface area contributed by atoms with Crippen LogP contribution in [0.5, 0.6) is 0 Å². The maximum absolute atomic E-state index is 12.4. The number of sulfonamides is 1. The SMILES string of the molecule is C1COCCO1.CO[C@@H](CNS(=O)(=O)c1ccc(Br)cc1)[C@H](O)c1nc2ccccc2s1. The topological polar surface area (TPSA) is 107 Å². The van der Waals surface area contributed by atoms with Crippen LogP contribution in [0.2, 0.25) is 0 Å². The summed E-state index contributed by atoms with van der Waals surface area (Å²) in [6, 6.07) is 13.9. The average molecular weight is 545 g/mol. The van der Waals surface area contributed by atoms with Gasteiger partial charge in [-0.25, -0.2) is 18.1 Å². The predicted molar refractivity (Wildman–Crippen MR) is 126 cm³/mol. The predicted octanol–water partition coefficient (Wildman–Crippen LogP) is 3.12. The molecular weight excluding hydrogens is 520 g/mol. The number of thiazole rings is 1. The van der Waals surface area contributed by atoms with E-state index in [1.165, 1.54) is 30.6 Å². The fourth-order valence-corrected chi connectivity index (χ4v) is 5.14. The highest BCUT2D eigenvalue weighted by Crippen LogP contribution is 2.28. The number of ether oxygens (including phenoxy) is 3. The van der Waals surface area contributed by atoms with E-state index in [-0.39, 0.29) is 11.4 Å². The number of methoxy groups -OCH3 is 1. The van der Waals surface area contributed by atoms with Gasteiger partial charge in [0.15, 0.2) is 0 Å². The van der Waals surface area contributed by atoms with Crippen LogP contribution in [-0.2, 0) is 24.2 Å². The zero-order chi connectivity index (χ0) is 23.0. The van der Waals surface area contributed by atoms with E-state index in [9.17, 15) is 13.5 Å². The Morgan fingerprint density at radius 3 is 2.31 bits per heavy atom. The number of nitrogens with one attached hydrogen (secondary N) is 1. The van der Waals surface area contributed by atoms with E-state index in [1.807, 2.05) is 24.3 Å². The summed E-state index contributed by atoms with van der Waals surface area (Å²) in [5.41, 5.74) is 0.789. The largest absolute Gasteiger partial charge is 0.383 e. The first kappa shape index (κ1) is 25.2. The van der Waals surface area contributed by atoms with Crippen molar-refractivity contribution in [3.05, 3.63) is 58.0 Å². The van der Waals surface area contributed by atoms with Crippen molar-refractivity contribution >= 4 is 47.5 Å². The Morgan fingerprint density at radius 2 is 1.75 bits per heavy atom. The smallest absolute Gasteiger partial charge is 0.240 e. The molecule has 0 radical (unpaired) electrons. The van der Waals surface area contributed by atoms with E-state index in [0.717, 1.165) is 41.1 Å². The van der Waals surface area contributed by atoms with E-state index in [1.54, 1.807) is 12.1 Å². The molecule has 3 aromatic rings. The second-order valence-corrected chi connectivity index (χ2v) is 10.5. The fraction of sp³-hybridized carbons (Fsp3) is 0.381. The summed E-state index contributed by atoms with van der Waals surface area (Å²) < 4.78 is 44.2. The summed E-state index contributed by atoms with van der Waals surface area (Å²) in [5.74, 6) is 0. The Labute approximate surface area is 199 Å². The Hall–Kier alpha value is -1.44. The van der Waals surface area contributed by atoms with E-state index in [4.69, 9.17) is 14.2 Å². The number of fused-ring (bicyclic) bond motifs is 1. The number of para-hydroxylation sites is 1. The number of hydrogen-bond donors (Lipinski definition) is 2. The van der Waals surface area contributed by atoms with E-state index < -0.39 is 22.2 Å². The molecule has 2 N–H and O–H groups in total. The molecule has 4 rings (SSSR count). The van der Waals surface area contributed by atoms with E-state index in [0.29, 0.717) is 5.01 Å². The summed E-state index contributed by atoms with van der Waals surface area (Å²) >= 11 is 4.63. The first-order valence-electron chi connectivity index (χ1n) is 9.88. The molecule has 0 saturated carbocycles. The first-order chi connectivity index (χ1) is 15.4. The van der Waals surface area contributed by atoms with Gasteiger partial charge in [0.25, 0.3) is 0 Å². The Morgan fingerprint density at radius 1 is 1.12 bits per heavy atom. The minimum atomic E-state index is -3.70. The van der Waals surface area contributed by atoms with Crippen molar-refractivity contribution in [2.24, 2.45) is 0 Å². The number of halogens is 1. The van der Waals surface area contributed by atoms with Gasteiger partial charge in [0.1, 0.15) is 17.2 Å². The monoisotopic (exact) mass is 544 g/mol. The summed E-state index contributed by atoms with van der Waals surface area (Å²) in [5, 5.41) is 11.1. The second-order valence-electron chi connectivity index (χ2n) is 6.77. The van der Waals surface area contributed by atoms with E-state index >= 15 is 0 Å². The molecule has 2 atom stereocenters. The molecule has 11 heteroatoms. The third kappa shape index (κ3) is 7.03. The van der Waals surface area contributed by atoms with Gasteiger partial charge in [0.2, 0.25) is 10.0 Å². The van der Waals surface area contributed by atoms with Gasteiger partial charge in [-0.15, -0.1) is 11.3 Å². The quantitative estimate of drug-likeness (QED) is 0.470. The zero-order valence-corrected chi connectivity index (χ0v) is 20.7. The molecular formula is C21H25BrN2O6S2. The maximum Gasteiger partial charge on any atom is 0.240 e. The van der Waals surface area contributed by atoms with Crippen molar-refractivity contribution in [3.63, 3.8) is 0 Å². The van der Waals surface area contributed by atoms with Gasteiger partial charge in [-0.2, -0.15) is 0 Å². The van der Waals surface area contributed by atoms with Crippen molar-refractivity contribution in [3.8, 4) is 0 Å². The highest BCUT2D eigenvalue weighted by molar-refractivity contribution is 9.10. The van der Waals surface area contributed by atoms with Crippen molar-refractivity contribution in [2.75, 3.05) is 40.1 Å². The van der Waals surface area contributed by atoms with Crippen LogP contribution in [0, 0.1) is 0 Å². The highest BCUT2D eigenvalue weighted by atomic mass is 79.9. The van der Waals surface area contributed by atoms with Crippen LogP contribution in [0.25, 0.3) is 10.2 Å². The molecule has 1 aromatic heterocycles.